The van der Waals surface area contributed by atoms with Crippen molar-refractivity contribution < 1.29 is 23.0 Å². The van der Waals surface area contributed by atoms with E-state index in [9.17, 15) is 13.6 Å². The minimum absolute atomic E-state index is 0.0625. The Morgan fingerprint density at radius 3 is 2.61 bits per heavy atom. The third-order valence-corrected chi connectivity index (χ3v) is 3.95. The van der Waals surface area contributed by atoms with E-state index in [0.29, 0.717) is 33.8 Å². The molecule has 3 rings (SSSR count). The Morgan fingerprint density at radius 1 is 1.13 bits per heavy atom. The van der Waals surface area contributed by atoms with Gasteiger partial charge in [0.2, 0.25) is 6.10 Å². The Hall–Kier alpha value is -2.28. The highest BCUT2D eigenvalue weighted by Gasteiger charge is 2.27. The summed E-state index contributed by atoms with van der Waals surface area (Å²) in [5, 5.41) is 2.62. The van der Waals surface area contributed by atoms with Crippen LogP contribution in [0.1, 0.15) is 0 Å². The van der Waals surface area contributed by atoms with Crippen LogP contribution in [-0.4, -0.2) is 24.4 Å². The number of amides is 1. The summed E-state index contributed by atoms with van der Waals surface area (Å²) in [6.45, 7) is 0.0625. The highest BCUT2D eigenvalue weighted by molar-refractivity contribution is 7.99. The van der Waals surface area contributed by atoms with Gasteiger partial charge in [0.15, 0.2) is 11.5 Å². The van der Waals surface area contributed by atoms with Gasteiger partial charge in [-0.1, -0.05) is 36.0 Å². The van der Waals surface area contributed by atoms with Gasteiger partial charge < -0.3 is 14.8 Å². The minimum Gasteiger partial charge on any atom is -0.485 e. The normalized spacial score (nSPS) is 16.2. The van der Waals surface area contributed by atoms with Gasteiger partial charge in [-0.3, -0.25) is 4.79 Å². The van der Waals surface area contributed by atoms with Crippen LogP contribution in [0.4, 0.5) is 14.5 Å². The van der Waals surface area contributed by atoms with Crippen molar-refractivity contribution in [1.29, 1.82) is 0 Å². The Balaban J connectivity index is 1.71. The highest BCUT2D eigenvalue weighted by atomic mass is 32.2. The van der Waals surface area contributed by atoms with E-state index in [2.05, 4.69) is 5.32 Å². The lowest BCUT2D eigenvalue weighted by Crippen LogP contribution is -2.40. The molecule has 1 atom stereocenters. The lowest BCUT2D eigenvalue weighted by atomic mass is 10.2. The quantitative estimate of drug-likeness (QED) is 0.863. The van der Waals surface area contributed by atoms with Crippen molar-refractivity contribution in [3.8, 4) is 11.5 Å². The summed E-state index contributed by atoms with van der Waals surface area (Å²) in [6, 6.07) is 13.4. The predicted octanol–water partition coefficient (Wildman–Crippen LogP) is 3.78. The second kappa shape index (κ2) is 6.87. The summed E-state index contributed by atoms with van der Waals surface area (Å²) in [7, 11) is 0. The van der Waals surface area contributed by atoms with Crippen LogP contribution in [0, 0.1) is 0 Å². The molecule has 0 radical (unpaired) electrons. The minimum atomic E-state index is -2.56. The van der Waals surface area contributed by atoms with E-state index >= 15 is 0 Å². The first kappa shape index (κ1) is 15.6. The topological polar surface area (TPSA) is 47.6 Å². The van der Waals surface area contributed by atoms with Gasteiger partial charge in [-0.05, 0) is 24.3 Å². The van der Waals surface area contributed by atoms with Crippen molar-refractivity contribution in [2.75, 3.05) is 11.9 Å². The van der Waals surface area contributed by atoms with Gasteiger partial charge in [0.25, 0.3) is 11.7 Å². The van der Waals surface area contributed by atoms with Crippen LogP contribution in [0.5, 0.6) is 11.5 Å². The van der Waals surface area contributed by atoms with E-state index in [1.165, 1.54) is 6.07 Å². The number of benzene rings is 2. The summed E-state index contributed by atoms with van der Waals surface area (Å²) >= 11 is 0.382. The Morgan fingerprint density at radius 2 is 1.83 bits per heavy atom. The van der Waals surface area contributed by atoms with Crippen LogP contribution in [0.15, 0.2) is 53.4 Å². The summed E-state index contributed by atoms with van der Waals surface area (Å²) in [4.78, 5) is 12.6. The molecule has 0 aliphatic carbocycles. The van der Waals surface area contributed by atoms with E-state index in [-0.39, 0.29) is 6.61 Å². The van der Waals surface area contributed by atoms with Gasteiger partial charge in [0.05, 0.1) is 5.69 Å². The average molecular weight is 337 g/mol. The number of alkyl halides is 2. The molecule has 0 spiro atoms. The van der Waals surface area contributed by atoms with Crippen LogP contribution in [0.2, 0.25) is 0 Å². The van der Waals surface area contributed by atoms with Crippen LogP contribution in [-0.2, 0) is 4.79 Å². The van der Waals surface area contributed by atoms with Crippen LogP contribution in [0.3, 0.4) is 0 Å². The first-order valence-electron chi connectivity index (χ1n) is 6.86. The molecule has 4 nitrogen and oxygen atoms in total. The van der Waals surface area contributed by atoms with E-state index in [4.69, 9.17) is 9.47 Å². The van der Waals surface area contributed by atoms with Crippen molar-refractivity contribution in [2.24, 2.45) is 0 Å². The summed E-state index contributed by atoms with van der Waals surface area (Å²) in [5.74, 6) is -1.95. The zero-order chi connectivity index (χ0) is 16.2. The molecule has 1 heterocycles. The van der Waals surface area contributed by atoms with E-state index in [1.807, 2.05) is 0 Å². The molecule has 0 aromatic heterocycles. The molecule has 0 saturated heterocycles. The van der Waals surface area contributed by atoms with E-state index in [0.717, 1.165) is 0 Å². The van der Waals surface area contributed by atoms with Gasteiger partial charge in [-0.2, -0.15) is 8.78 Å². The molecule has 1 aliphatic rings. The fraction of sp³-hybridized carbons (Fsp3) is 0.188. The van der Waals surface area contributed by atoms with Crippen LogP contribution >= 0.6 is 11.8 Å². The zero-order valence-electron chi connectivity index (χ0n) is 11.9. The molecular weight excluding hydrogens is 324 g/mol. The molecule has 0 unspecified atom stereocenters. The monoisotopic (exact) mass is 337 g/mol. The first-order valence-corrected chi connectivity index (χ1v) is 7.74. The fourth-order valence-electron chi connectivity index (χ4n) is 2.13. The summed E-state index contributed by atoms with van der Waals surface area (Å²) in [5.41, 5.74) is 0.324. The summed E-state index contributed by atoms with van der Waals surface area (Å²) in [6.07, 6.45) is -0.838. The van der Waals surface area contributed by atoms with Crippen molar-refractivity contribution in [1.82, 2.24) is 0 Å². The van der Waals surface area contributed by atoms with Gasteiger partial charge in [0.1, 0.15) is 6.61 Å². The zero-order valence-corrected chi connectivity index (χ0v) is 12.7. The van der Waals surface area contributed by atoms with Gasteiger partial charge >= 0.3 is 0 Å². The van der Waals surface area contributed by atoms with Crippen molar-refractivity contribution >= 4 is 23.4 Å². The number of nitrogens with one attached hydrogen (secondary N) is 1. The number of halogens is 2. The maximum atomic E-state index is 12.6. The fourth-order valence-corrected chi connectivity index (χ4v) is 2.73. The average Bonchev–Trinajstić information content (AvgIpc) is 2.55. The maximum absolute atomic E-state index is 12.6. The van der Waals surface area contributed by atoms with Crippen LogP contribution < -0.4 is 14.8 Å². The molecule has 120 valence electrons. The Kier molecular flexibility index (Phi) is 4.66. The number of fused-ring (bicyclic) bond motifs is 1. The van der Waals surface area contributed by atoms with Gasteiger partial charge in [-0.25, -0.2) is 0 Å². The highest BCUT2D eigenvalue weighted by Crippen LogP contribution is 2.33. The molecule has 2 aromatic carbocycles. The number of ether oxygens (including phenoxy) is 2. The number of carbonyl (C=O) groups is 1. The number of rotatable bonds is 4. The number of anilines is 1. The third-order valence-electron chi connectivity index (χ3n) is 3.16. The number of hydrogen-bond donors (Lipinski definition) is 1. The molecule has 2 aromatic rings. The number of hydrogen-bond acceptors (Lipinski definition) is 4. The smallest absolute Gasteiger partial charge is 0.288 e. The third kappa shape index (κ3) is 3.73. The van der Waals surface area contributed by atoms with Crippen molar-refractivity contribution in [2.45, 2.75) is 16.8 Å². The molecule has 1 aliphatic heterocycles. The predicted molar refractivity (Wildman–Crippen MR) is 83.3 cm³/mol. The van der Waals surface area contributed by atoms with E-state index < -0.39 is 17.8 Å². The lowest BCUT2D eigenvalue weighted by molar-refractivity contribution is -0.125. The van der Waals surface area contributed by atoms with E-state index in [1.54, 1.807) is 42.5 Å². The number of thioether (sulfide) groups is 1. The molecule has 0 fully saturated rings. The maximum Gasteiger partial charge on any atom is 0.288 e. The Labute approximate surface area is 135 Å². The lowest BCUT2D eigenvalue weighted by Gasteiger charge is -2.25. The summed E-state index contributed by atoms with van der Waals surface area (Å²) < 4.78 is 36.2. The van der Waals surface area contributed by atoms with Crippen molar-refractivity contribution in [3.63, 3.8) is 0 Å². The first-order chi connectivity index (χ1) is 11.1. The molecule has 7 heteroatoms. The second-order valence-electron chi connectivity index (χ2n) is 4.73. The largest absolute Gasteiger partial charge is 0.485 e. The molecule has 1 amide bonds. The number of carbonyl (C=O) groups excluding carboxylic acids is 1. The molecule has 23 heavy (non-hydrogen) atoms. The van der Waals surface area contributed by atoms with Gasteiger partial charge in [0, 0.05) is 4.90 Å². The number of para-hydroxylation sites is 3. The molecule has 1 N–H and O–H groups in total. The van der Waals surface area contributed by atoms with Gasteiger partial charge in [-0.15, -0.1) is 0 Å². The molecule has 0 saturated carbocycles. The second-order valence-corrected chi connectivity index (χ2v) is 5.76. The molecule has 0 bridgehead atoms. The Bertz CT molecular complexity index is 711. The standard InChI is InChI=1S/C16H13F2NO3S/c17-16(18)23-14-8-4-1-5-10(14)19-15(20)13-9-21-11-6-2-3-7-12(11)22-13/h1-8,13,16H,9H2,(H,19,20)/t13-/m1/s1. The van der Waals surface area contributed by atoms with Crippen LogP contribution in [0.25, 0.3) is 0 Å². The molecular formula is C16H13F2NO3S. The SMILES string of the molecule is O=C(Nc1ccccc1SC(F)F)[C@H]1COc2ccccc2O1. The van der Waals surface area contributed by atoms with Crippen molar-refractivity contribution in [3.05, 3.63) is 48.5 Å².